The quantitative estimate of drug-likeness (QED) is 0.855. The molecule has 0 aliphatic carbocycles. The molecule has 1 unspecified atom stereocenters. The zero-order valence-electron chi connectivity index (χ0n) is 10.4. The van der Waals surface area contributed by atoms with E-state index in [2.05, 4.69) is 21.4 Å². The highest BCUT2D eigenvalue weighted by atomic mass is 16.4. The van der Waals surface area contributed by atoms with Crippen LogP contribution >= 0.6 is 0 Å². The van der Waals surface area contributed by atoms with Gasteiger partial charge in [0.2, 0.25) is 0 Å². The number of aliphatic carboxylic acids is 1. The van der Waals surface area contributed by atoms with Gasteiger partial charge >= 0.3 is 5.97 Å². The van der Waals surface area contributed by atoms with E-state index in [0.29, 0.717) is 6.54 Å². The normalized spacial score (nSPS) is 25.3. The van der Waals surface area contributed by atoms with Crippen molar-refractivity contribution in [1.82, 2.24) is 14.5 Å². The van der Waals surface area contributed by atoms with Crippen molar-refractivity contribution in [1.29, 1.82) is 0 Å². The molecule has 5 nitrogen and oxygen atoms in total. The molecule has 0 spiro atoms. The largest absolute Gasteiger partial charge is 0.481 e. The fourth-order valence-corrected chi connectivity index (χ4v) is 2.36. The smallest absolute Gasteiger partial charge is 0.310 e. The van der Waals surface area contributed by atoms with E-state index in [4.69, 9.17) is 0 Å². The number of carboxylic acid groups (broad SMARTS) is 1. The number of carboxylic acids is 1. The predicted molar refractivity (Wildman–Crippen MR) is 63.5 cm³/mol. The fraction of sp³-hybridized carbons (Fsp3) is 0.667. The minimum Gasteiger partial charge on any atom is -0.481 e. The van der Waals surface area contributed by atoms with E-state index in [1.807, 2.05) is 19.4 Å². The van der Waals surface area contributed by atoms with Crippen LogP contribution in [0.15, 0.2) is 12.5 Å². The molecule has 94 valence electrons. The lowest BCUT2D eigenvalue weighted by Crippen LogP contribution is -2.31. The van der Waals surface area contributed by atoms with Crippen LogP contribution in [-0.2, 0) is 17.9 Å². The number of hydrogen-bond donors (Lipinski definition) is 1. The van der Waals surface area contributed by atoms with Crippen LogP contribution in [-0.4, -0.2) is 38.6 Å². The van der Waals surface area contributed by atoms with Crippen LogP contribution < -0.4 is 0 Å². The van der Waals surface area contributed by atoms with E-state index >= 15 is 0 Å². The van der Waals surface area contributed by atoms with Gasteiger partial charge in [-0.3, -0.25) is 9.69 Å². The molecule has 2 heterocycles. The lowest BCUT2D eigenvalue weighted by atomic mass is 9.90. The minimum atomic E-state index is -0.691. The lowest BCUT2D eigenvalue weighted by Gasteiger charge is -2.20. The summed E-state index contributed by atoms with van der Waals surface area (Å²) in [4.78, 5) is 17.5. The first-order valence-electron chi connectivity index (χ1n) is 6.00. The molecule has 17 heavy (non-hydrogen) atoms. The third-order valence-corrected chi connectivity index (χ3v) is 3.59. The molecule has 1 aliphatic heterocycles. The van der Waals surface area contributed by atoms with E-state index in [9.17, 15) is 9.90 Å². The molecular formula is C12H19N3O2. The maximum absolute atomic E-state index is 11.2. The number of likely N-dealkylation sites (tertiary alicyclic amines) is 1. The van der Waals surface area contributed by atoms with Crippen LogP contribution in [0.3, 0.4) is 0 Å². The maximum atomic E-state index is 11.2. The van der Waals surface area contributed by atoms with Gasteiger partial charge in [-0.15, -0.1) is 0 Å². The molecule has 1 aliphatic rings. The number of aryl methyl sites for hydroxylation is 1. The first-order chi connectivity index (χ1) is 8.05. The topological polar surface area (TPSA) is 58.4 Å². The Balaban J connectivity index is 2.01. The van der Waals surface area contributed by atoms with E-state index in [0.717, 1.165) is 31.7 Å². The summed E-state index contributed by atoms with van der Waals surface area (Å²) in [6, 6.07) is 0. The average molecular weight is 237 g/mol. The Hall–Kier alpha value is -1.36. The summed E-state index contributed by atoms with van der Waals surface area (Å²) in [7, 11) is 0. The zero-order chi connectivity index (χ0) is 12.5. The molecule has 1 aromatic rings. The zero-order valence-corrected chi connectivity index (χ0v) is 10.4. The molecule has 0 amide bonds. The first-order valence-corrected chi connectivity index (χ1v) is 6.00. The Morgan fingerprint density at radius 2 is 2.41 bits per heavy atom. The van der Waals surface area contributed by atoms with Crippen LogP contribution in [0.4, 0.5) is 0 Å². The standard InChI is InChI=1S/C12H19N3O2/c1-3-15-9-13-6-10(15)7-14-5-4-12(2,8-14)11(16)17/h6,9H,3-5,7-8H2,1-2H3,(H,16,17). The summed E-state index contributed by atoms with van der Waals surface area (Å²) >= 11 is 0. The molecule has 0 bridgehead atoms. The van der Waals surface area contributed by atoms with Crippen molar-refractivity contribution in [2.24, 2.45) is 5.41 Å². The second-order valence-electron chi connectivity index (χ2n) is 5.00. The van der Waals surface area contributed by atoms with Crippen molar-refractivity contribution in [2.75, 3.05) is 13.1 Å². The summed E-state index contributed by atoms with van der Waals surface area (Å²) in [6.45, 7) is 7.06. The van der Waals surface area contributed by atoms with Crippen LogP contribution in [0.25, 0.3) is 0 Å². The Labute approximate surface area is 101 Å². The van der Waals surface area contributed by atoms with Gasteiger partial charge in [0.25, 0.3) is 0 Å². The average Bonchev–Trinajstić information content (AvgIpc) is 2.87. The highest BCUT2D eigenvalue weighted by molar-refractivity contribution is 5.74. The number of nitrogens with zero attached hydrogens (tertiary/aromatic N) is 3. The van der Waals surface area contributed by atoms with Gasteiger partial charge in [0.1, 0.15) is 0 Å². The SMILES string of the molecule is CCn1cncc1CN1CCC(C)(C(=O)O)C1. The monoisotopic (exact) mass is 237 g/mol. The van der Waals surface area contributed by atoms with Crippen molar-refractivity contribution >= 4 is 5.97 Å². The summed E-state index contributed by atoms with van der Waals surface area (Å²) in [5.41, 5.74) is 0.569. The van der Waals surface area contributed by atoms with Gasteiger partial charge in [0.15, 0.2) is 0 Å². The number of rotatable bonds is 4. The number of carbonyl (C=O) groups is 1. The van der Waals surface area contributed by atoms with Crippen LogP contribution in [0.2, 0.25) is 0 Å². The van der Waals surface area contributed by atoms with Crippen LogP contribution in [0.1, 0.15) is 26.0 Å². The Bertz CT molecular complexity index is 416. The number of hydrogen-bond acceptors (Lipinski definition) is 3. The van der Waals surface area contributed by atoms with Gasteiger partial charge in [0, 0.05) is 25.8 Å². The van der Waals surface area contributed by atoms with Crippen molar-refractivity contribution in [3.05, 3.63) is 18.2 Å². The summed E-state index contributed by atoms with van der Waals surface area (Å²) < 4.78 is 2.09. The Morgan fingerprint density at radius 3 is 3.00 bits per heavy atom. The molecule has 5 heteroatoms. The second-order valence-corrected chi connectivity index (χ2v) is 5.00. The fourth-order valence-electron chi connectivity index (χ4n) is 2.36. The van der Waals surface area contributed by atoms with Gasteiger partial charge in [-0.25, -0.2) is 4.98 Å². The molecule has 1 fully saturated rings. The third kappa shape index (κ3) is 2.34. The third-order valence-electron chi connectivity index (χ3n) is 3.59. The van der Waals surface area contributed by atoms with Crippen molar-refractivity contribution in [2.45, 2.75) is 33.4 Å². The van der Waals surface area contributed by atoms with Gasteiger partial charge < -0.3 is 9.67 Å². The van der Waals surface area contributed by atoms with Gasteiger partial charge in [0.05, 0.1) is 17.4 Å². The van der Waals surface area contributed by atoms with E-state index in [-0.39, 0.29) is 0 Å². The van der Waals surface area contributed by atoms with E-state index < -0.39 is 11.4 Å². The molecule has 0 aromatic carbocycles. The number of aromatic nitrogens is 2. The van der Waals surface area contributed by atoms with Crippen LogP contribution in [0.5, 0.6) is 0 Å². The van der Waals surface area contributed by atoms with E-state index in [1.165, 1.54) is 0 Å². The van der Waals surface area contributed by atoms with Crippen molar-refractivity contribution in [3.63, 3.8) is 0 Å². The second kappa shape index (κ2) is 4.49. The molecule has 2 rings (SSSR count). The summed E-state index contributed by atoms with van der Waals surface area (Å²) in [6.07, 6.45) is 4.41. The Kier molecular flexibility index (Phi) is 3.19. The van der Waals surface area contributed by atoms with Crippen LogP contribution in [0, 0.1) is 5.41 Å². The molecule has 0 radical (unpaired) electrons. The van der Waals surface area contributed by atoms with Crippen molar-refractivity contribution in [3.8, 4) is 0 Å². The maximum Gasteiger partial charge on any atom is 0.310 e. The molecule has 1 atom stereocenters. The van der Waals surface area contributed by atoms with Gasteiger partial charge in [-0.1, -0.05) is 0 Å². The Morgan fingerprint density at radius 1 is 1.65 bits per heavy atom. The summed E-state index contributed by atoms with van der Waals surface area (Å²) in [5, 5.41) is 9.17. The van der Waals surface area contributed by atoms with E-state index in [1.54, 1.807) is 0 Å². The molecular weight excluding hydrogens is 218 g/mol. The molecule has 1 saturated heterocycles. The lowest BCUT2D eigenvalue weighted by molar-refractivity contribution is -0.147. The first kappa shape index (κ1) is 12.1. The molecule has 0 saturated carbocycles. The van der Waals surface area contributed by atoms with Crippen molar-refractivity contribution < 1.29 is 9.90 Å². The highest BCUT2D eigenvalue weighted by Gasteiger charge is 2.40. The molecule has 1 N–H and O–H groups in total. The number of imidazole rings is 1. The van der Waals surface area contributed by atoms with Gasteiger partial charge in [-0.05, 0) is 26.8 Å². The predicted octanol–water partition coefficient (Wildman–Crippen LogP) is 1.20. The summed E-state index contributed by atoms with van der Waals surface area (Å²) in [5.74, 6) is -0.691. The minimum absolute atomic E-state index is 0.586. The molecule has 1 aromatic heterocycles. The van der Waals surface area contributed by atoms with Gasteiger partial charge in [-0.2, -0.15) is 0 Å². The highest BCUT2D eigenvalue weighted by Crippen LogP contribution is 2.30.